The lowest BCUT2D eigenvalue weighted by atomic mass is 10.0. The Bertz CT molecular complexity index is 416. The molecular weight excluding hydrogens is 289 g/mol. The van der Waals surface area contributed by atoms with Crippen molar-refractivity contribution in [1.29, 1.82) is 0 Å². The summed E-state index contributed by atoms with van der Waals surface area (Å²) in [6.07, 6.45) is 0.551. The number of nitrogens with two attached hydrogens (primary N) is 1. The molecule has 1 aromatic carbocycles. The summed E-state index contributed by atoms with van der Waals surface area (Å²) in [5, 5.41) is 1.49. The fourth-order valence-corrected chi connectivity index (χ4v) is 5.28. The maximum Gasteiger partial charge on any atom is 0.126 e. The monoisotopic (exact) mass is 305 g/mol. The van der Waals surface area contributed by atoms with Crippen molar-refractivity contribution in [3.8, 4) is 0 Å². The van der Waals surface area contributed by atoms with E-state index in [1.807, 2.05) is 23.5 Å². The number of hydrogen-bond donors (Lipinski definition) is 1. The van der Waals surface area contributed by atoms with E-state index in [0.29, 0.717) is 27.5 Å². The van der Waals surface area contributed by atoms with Crippen LogP contribution in [0.5, 0.6) is 0 Å². The van der Waals surface area contributed by atoms with E-state index in [9.17, 15) is 4.39 Å². The molecule has 1 aromatic rings. The van der Waals surface area contributed by atoms with Crippen molar-refractivity contribution in [2.75, 3.05) is 11.5 Å². The van der Waals surface area contributed by atoms with Crippen LogP contribution in [-0.2, 0) is 6.42 Å². The van der Waals surface area contributed by atoms with Gasteiger partial charge in [0.2, 0.25) is 0 Å². The first-order valence-electron chi connectivity index (χ1n) is 6.00. The molecule has 1 aliphatic rings. The normalized spacial score (nSPS) is 26.0. The quantitative estimate of drug-likeness (QED) is 0.924. The highest BCUT2D eigenvalue weighted by atomic mass is 35.5. The first-order valence-corrected chi connectivity index (χ1v) is 8.48. The molecule has 2 rings (SSSR count). The molecule has 5 heteroatoms. The summed E-state index contributed by atoms with van der Waals surface area (Å²) in [5.74, 6) is 2.10. The summed E-state index contributed by atoms with van der Waals surface area (Å²) in [7, 11) is 0. The van der Waals surface area contributed by atoms with Crippen LogP contribution in [0.4, 0.5) is 4.39 Å². The Morgan fingerprint density at radius 2 is 2.17 bits per heavy atom. The van der Waals surface area contributed by atoms with Crippen LogP contribution >= 0.6 is 35.1 Å². The second kappa shape index (κ2) is 6.51. The Labute approximate surface area is 121 Å². The van der Waals surface area contributed by atoms with Crippen molar-refractivity contribution >= 4 is 35.1 Å². The Morgan fingerprint density at radius 1 is 1.44 bits per heavy atom. The molecule has 2 N–H and O–H groups in total. The molecule has 0 bridgehead atoms. The van der Waals surface area contributed by atoms with Crippen molar-refractivity contribution in [3.05, 3.63) is 34.6 Å². The summed E-state index contributed by atoms with van der Waals surface area (Å²) in [6, 6.07) is 4.64. The molecule has 3 atom stereocenters. The number of thioether (sulfide) groups is 2. The molecule has 0 spiro atoms. The second-order valence-electron chi connectivity index (χ2n) is 4.52. The molecule has 18 heavy (non-hydrogen) atoms. The predicted molar refractivity (Wildman–Crippen MR) is 81.3 cm³/mol. The first kappa shape index (κ1) is 14.5. The van der Waals surface area contributed by atoms with E-state index in [1.54, 1.807) is 12.1 Å². The van der Waals surface area contributed by atoms with Gasteiger partial charge in [0.25, 0.3) is 0 Å². The molecule has 1 aliphatic heterocycles. The molecular formula is C13H17ClFNS2. The molecule has 100 valence electrons. The molecule has 0 amide bonds. The number of rotatable bonds is 3. The zero-order valence-electron chi connectivity index (χ0n) is 10.2. The van der Waals surface area contributed by atoms with Crippen LogP contribution in [-0.4, -0.2) is 28.0 Å². The fourth-order valence-electron chi connectivity index (χ4n) is 2.19. The highest BCUT2D eigenvalue weighted by Gasteiger charge is 2.28. The summed E-state index contributed by atoms with van der Waals surface area (Å²) in [6.45, 7) is 2.20. The van der Waals surface area contributed by atoms with E-state index < -0.39 is 0 Å². The number of hydrogen-bond acceptors (Lipinski definition) is 3. The van der Waals surface area contributed by atoms with Gasteiger partial charge < -0.3 is 5.73 Å². The van der Waals surface area contributed by atoms with E-state index in [4.69, 9.17) is 17.3 Å². The van der Waals surface area contributed by atoms with Gasteiger partial charge in [-0.15, -0.1) is 0 Å². The van der Waals surface area contributed by atoms with Crippen molar-refractivity contribution in [2.24, 2.45) is 5.73 Å². The summed E-state index contributed by atoms with van der Waals surface area (Å²) >= 11 is 9.76. The lowest BCUT2D eigenvalue weighted by Gasteiger charge is -2.32. The highest BCUT2D eigenvalue weighted by molar-refractivity contribution is 8.07. The Hall–Kier alpha value is 0.1000. The van der Waals surface area contributed by atoms with Gasteiger partial charge in [-0.1, -0.05) is 18.5 Å². The molecule has 0 saturated carbocycles. The highest BCUT2D eigenvalue weighted by Crippen LogP contribution is 2.33. The molecule has 1 heterocycles. The zero-order valence-corrected chi connectivity index (χ0v) is 12.6. The zero-order chi connectivity index (χ0) is 13.1. The van der Waals surface area contributed by atoms with Gasteiger partial charge in [-0.25, -0.2) is 4.39 Å². The largest absolute Gasteiger partial charge is 0.326 e. The standard InChI is InChI=1S/C13H17ClFNS2/c1-8-13(18-5-4-17-8)12(16)7-9-6-10(14)2-3-11(9)15/h2-3,6,8,12-13H,4-5,7,16H2,1H3. The van der Waals surface area contributed by atoms with E-state index >= 15 is 0 Å². The van der Waals surface area contributed by atoms with Crippen LogP contribution in [0, 0.1) is 5.82 Å². The smallest absolute Gasteiger partial charge is 0.126 e. The van der Waals surface area contributed by atoms with E-state index in [2.05, 4.69) is 6.92 Å². The summed E-state index contributed by atoms with van der Waals surface area (Å²) in [4.78, 5) is 0. The number of benzene rings is 1. The van der Waals surface area contributed by atoms with Gasteiger partial charge in [0.05, 0.1) is 0 Å². The molecule has 0 aromatic heterocycles. The molecule has 1 nitrogen and oxygen atoms in total. The Balaban J connectivity index is 2.05. The van der Waals surface area contributed by atoms with Crippen LogP contribution in [0.3, 0.4) is 0 Å². The third kappa shape index (κ3) is 3.56. The van der Waals surface area contributed by atoms with Gasteiger partial charge in [0.15, 0.2) is 0 Å². The average Bonchev–Trinajstić information content (AvgIpc) is 2.34. The van der Waals surface area contributed by atoms with Crippen molar-refractivity contribution in [2.45, 2.75) is 29.9 Å². The van der Waals surface area contributed by atoms with Gasteiger partial charge in [-0.2, -0.15) is 23.5 Å². The van der Waals surface area contributed by atoms with Gasteiger partial charge in [-0.3, -0.25) is 0 Å². The molecule has 0 aliphatic carbocycles. The van der Waals surface area contributed by atoms with Crippen molar-refractivity contribution < 1.29 is 4.39 Å². The lowest BCUT2D eigenvalue weighted by Crippen LogP contribution is -2.42. The molecule has 1 fully saturated rings. The van der Waals surface area contributed by atoms with Gasteiger partial charge in [0, 0.05) is 33.1 Å². The molecule has 3 unspecified atom stereocenters. The maximum atomic E-state index is 13.7. The van der Waals surface area contributed by atoms with Crippen LogP contribution < -0.4 is 5.73 Å². The van der Waals surface area contributed by atoms with Crippen LogP contribution in [0.25, 0.3) is 0 Å². The van der Waals surface area contributed by atoms with Gasteiger partial charge >= 0.3 is 0 Å². The van der Waals surface area contributed by atoms with E-state index in [-0.39, 0.29) is 11.9 Å². The van der Waals surface area contributed by atoms with E-state index in [1.165, 1.54) is 11.8 Å². The van der Waals surface area contributed by atoms with Gasteiger partial charge in [-0.05, 0) is 30.2 Å². The predicted octanol–water partition coefficient (Wildman–Crippen LogP) is 3.59. The Kier molecular flexibility index (Phi) is 5.24. The first-order chi connectivity index (χ1) is 8.58. The fraction of sp³-hybridized carbons (Fsp3) is 0.538. The van der Waals surface area contributed by atoms with Crippen molar-refractivity contribution in [1.82, 2.24) is 0 Å². The average molecular weight is 306 g/mol. The SMILES string of the molecule is CC1SCCSC1C(N)Cc1cc(Cl)ccc1F. The van der Waals surface area contributed by atoms with Crippen LogP contribution in [0.15, 0.2) is 18.2 Å². The topological polar surface area (TPSA) is 26.0 Å². The summed E-state index contributed by atoms with van der Waals surface area (Å²) in [5.41, 5.74) is 6.87. The second-order valence-corrected chi connectivity index (χ2v) is 7.72. The van der Waals surface area contributed by atoms with Crippen LogP contribution in [0.2, 0.25) is 5.02 Å². The third-order valence-corrected chi connectivity index (χ3v) is 6.63. The van der Waals surface area contributed by atoms with Gasteiger partial charge in [0.1, 0.15) is 5.82 Å². The third-order valence-electron chi connectivity index (χ3n) is 3.12. The summed E-state index contributed by atoms with van der Waals surface area (Å²) < 4.78 is 13.7. The van der Waals surface area contributed by atoms with Crippen LogP contribution in [0.1, 0.15) is 12.5 Å². The van der Waals surface area contributed by atoms with E-state index in [0.717, 1.165) is 5.75 Å². The molecule has 0 radical (unpaired) electrons. The Morgan fingerprint density at radius 3 is 2.89 bits per heavy atom. The maximum absolute atomic E-state index is 13.7. The number of halogens is 2. The van der Waals surface area contributed by atoms with Crippen molar-refractivity contribution in [3.63, 3.8) is 0 Å². The minimum absolute atomic E-state index is 0.0224. The molecule has 1 saturated heterocycles. The minimum atomic E-state index is -0.212. The minimum Gasteiger partial charge on any atom is -0.326 e. The lowest BCUT2D eigenvalue weighted by molar-refractivity contribution is 0.572.